The Bertz CT molecular complexity index is 1960. The van der Waals surface area contributed by atoms with E-state index in [1.807, 2.05) is 0 Å². The van der Waals surface area contributed by atoms with Crippen LogP contribution in [0.4, 0.5) is 28.4 Å². The van der Waals surface area contributed by atoms with Crippen LogP contribution < -0.4 is 10.2 Å². The summed E-state index contributed by atoms with van der Waals surface area (Å²) in [5, 5.41) is 11.8. The second-order valence-corrected chi connectivity index (χ2v) is 12.3. The normalized spacial score (nSPS) is 11.9. The van der Waals surface area contributed by atoms with Crippen LogP contribution in [0.5, 0.6) is 0 Å². The molecule has 0 atom stereocenters. The summed E-state index contributed by atoms with van der Waals surface area (Å²) in [4.78, 5) is 2.31. The van der Waals surface area contributed by atoms with Gasteiger partial charge in [0.15, 0.2) is 0 Å². The van der Waals surface area contributed by atoms with Crippen LogP contribution in [0.3, 0.4) is 0 Å². The van der Waals surface area contributed by atoms with Crippen molar-refractivity contribution in [3.63, 3.8) is 0 Å². The smallest absolute Gasteiger partial charge is 0.0482 e. The van der Waals surface area contributed by atoms with Crippen molar-refractivity contribution in [2.24, 2.45) is 0 Å². The van der Waals surface area contributed by atoms with E-state index in [1.165, 1.54) is 43.4 Å². The summed E-state index contributed by atoms with van der Waals surface area (Å²) in [5.74, 6) is 0. The zero-order valence-electron chi connectivity index (χ0n) is 24.8. The van der Waals surface area contributed by atoms with Crippen LogP contribution in [0, 0.1) is 0 Å². The highest BCUT2D eigenvalue weighted by molar-refractivity contribution is 6.26. The second-order valence-electron chi connectivity index (χ2n) is 12.3. The maximum atomic E-state index is 3.84. The summed E-state index contributed by atoms with van der Waals surface area (Å²) in [5.41, 5.74) is 8.43. The van der Waals surface area contributed by atoms with Gasteiger partial charge in [-0.1, -0.05) is 107 Å². The molecule has 0 bridgehead atoms. The largest absolute Gasteiger partial charge is 0.355 e. The maximum absolute atomic E-state index is 3.84. The molecule has 0 fully saturated rings. The van der Waals surface area contributed by atoms with Gasteiger partial charge in [-0.05, 0) is 98.4 Å². The Balaban J connectivity index is 1.37. The van der Waals surface area contributed by atoms with Crippen LogP contribution in [-0.4, -0.2) is 0 Å². The average Bonchev–Trinajstić information content (AvgIpc) is 3.01. The first-order valence-electron chi connectivity index (χ1n) is 14.9. The van der Waals surface area contributed by atoms with Crippen molar-refractivity contribution < 1.29 is 0 Å². The lowest BCUT2D eigenvalue weighted by atomic mass is 9.82. The van der Waals surface area contributed by atoms with Crippen molar-refractivity contribution in [3.8, 4) is 0 Å². The molecule has 0 amide bonds. The molecule has 2 nitrogen and oxygen atoms in total. The lowest BCUT2D eigenvalue weighted by Crippen LogP contribution is -2.11. The van der Waals surface area contributed by atoms with E-state index in [0.717, 1.165) is 34.9 Å². The highest BCUT2D eigenvalue weighted by atomic mass is 15.1. The van der Waals surface area contributed by atoms with Crippen LogP contribution >= 0.6 is 0 Å². The van der Waals surface area contributed by atoms with Crippen LogP contribution in [0.2, 0.25) is 0 Å². The van der Waals surface area contributed by atoms with Gasteiger partial charge in [-0.2, -0.15) is 0 Å². The first kappa shape index (κ1) is 26.1. The summed E-state index contributed by atoms with van der Waals surface area (Å²) in [6.07, 6.45) is 0.978. The molecule has 0 aliphatic carbocycles. The third-order valence-electron chi connectivity index (χ3n) is 8.46. The molecule has 42 heavy (non-hydrogen) atoms. The van der Waals surface area contributed by atoms with Crippen molar-refractivity contribution in [2.75, 3.05) is 10.2 Å². The summed E-state index contributed by atoms with van der Waals surface area (Å²) >= 11 is 0. The Morgan fingerprint density at radius 2 is 1.17 bits per heavy atom. The summed E-state index contributed by atoms with van der Waals surface area (Å²) in [6.45, 7) is 9.14. The van der Waals surface area contributed by atoms with Crippen LogP contribution in [0.15, 0.2) is 127 Å². The number of anilines is 5. The van der Waals surface area contributed by atoms with Gasteiger partial charge in [0.1, 0.15) is 0 Å². The van der Waals surface area contributed by atoms with Gasteiger partial charge in [0.25, 0.3) is 0 Å². The molecule has 0 aliphatic rings. The lowest BCUT2D eigenvalue weighted by molar-refractivity contribution is 0.591. The molecule has 0 aromatic heterocycles. The third kappa shape index (κ3) is 4.54. The molecule has 7 aromatic rings. The molecule has 206 valence electrons. The Kier molecular flexibility index (Phi) is 6.35. The van der Waals surface area contributed by atoms with E-state index in [-0.39, 0.29) is 5.41 Å². The molecule has 0 heterocycles. The number of nitrogens with zero attached hydrogens (tertiary/aromatic N) is 1. The van der Waals surface area contributed by atoms with E-state index in [1.54, 1.807) is 0 Å². The van der Waals surface area contributed by atoms with Crippen molar-refractivity contribution >= 4 is 60.8 Å². The van der Waals surface area contributed by atoms with Crippen molar-refractivity contribution in [2.45, 2.75) is 39.5 Å². The van der Waals surface area contributed by atoms with Gasteiger partial charge in [-0.15, -0.1) is 0 Å². The number of hydrogen-bond acceptors (Lipinski definition) is 2. The fraction of sp³-hybridized carbons (Fsp3) is 0.150. The van der Waals surface area contributed by atoms with E-state index in [0.29, 0.717) is 0 Å². The highest BCUT2D eigenvalue weighted by Gasteiger charge is 2.19. The van der Waals surface area contributed by atoms with Gasteiger partial charge in [0.05, 0.1) is 0 Å². The molecule has 0 saturated heterocycles. The summed E-state index contributed by atoms with van der Waals surface area (Å²) in [6, 6.07) is 46.2. The monoisotopic (exact) mass is 544 g/mol. The molecule has 0 saturated carbocycles. The topological polar surface area (TPSA) is 15.3 Å². The Morgan fingerprint density at radius 1 is 0.571 bits per heavy atom. The van der Waals surface area contributed by atoms with Crippen molar-refractivity contribution in [3.05, 3.63) is 139 Å². The van der Waals surface area contributed by atoms with Crippen molar-refractivity contribution in [1.29, 1.82) is 0 Å². The number of aryl methyl sites for hydroxylation is 1. The van der Waals surface area contributed by atoms with E-state index in [4.69, 9.17) is 0 Å². The molecule has 7 aromatic carbocycles. The Morgan fingerprint density at radius 3 is 1.76 bits per heavy atom. The standard InChI is InChI=1S/C40H36N2/c1-5-27-25-37(36-22-20-29-24-30(40(2,3)4)23-28-19-21-35(27)39(36)38(28)29)41-31-13-12-18-34(26-31)42(32-14-8-6-9-15-32)33-16-10-7-11-17-33/h6-26,41H,5H2,1-4H3. The van der Waals surface area contributed by atoms with E-state index in [9.17, 15) is 0 Å². The number of para-hydroxylation sites is 2. The molecule has 0 radical (unpaired) electrons. The highest BCUT2D eigenvalue weighted by Crippen LogP contribution is 2.43. The minimum Gasteiger partial charge on any atom is -0.355 e. The number of hydrogen-bond donors (Lipinski definition) is 1. The quantitative estimate of drug-likeness (QED) is 0.209. The average molecular weight is 545 g/mol. The fourth-order valence-corrected chi connectivity index (χ4v) is 6.30. The lowest BCUT2D eigenvalue weighted by Gasteiger charge is -2.26. The van der Waals surface area contributed by atoms with Crippen LogP contribution in [-0.2, 0) is 11.8 Å². The van der Waals surface area contributed by atoms with E-state index >= 15 is 0 Å². The van der Waals surface area contributed by atoms with Gasteiger partial charge in [0.2, 0.25) is 0 Å². The third-order valence-corrected chi connectivity index (χ3v) is 8.46. The first-order valence-corrected chi connectivity index (χ1v) is 14.9. The van der Waals surface area contributed by atoms with Gasteiger partial charge in [-0.25, -0.2) is 0 Å². The van der Waals surface area contributed by atoms with Gasteiger partial charge < -0.3 is 10.2 Å². The summed E-state index contributed by atoms with van der Waals surface area (Å²) < 4.78 is 0. The van der Waals surface area contributed by atoms with E-state index in [2.05, 4.69) is 165 Å². The Labute approximate surface area is 248 Å². The number of benzene rings is 7. The number of rotatable bonds is 6. The molecule has 0 spiro atoms. The van der Waals surface area contributed by atoms with Gasteiger partial charge in [-0.3, -0.25) is 0 Å². The molecular weight excluding hydrogens is 508 g/mol. The molecular formula is C40H36N2. The van der Waals surface area contributed by atoms with Gasteiger partial charge >= 0.3 is 0 Å². The molecule has 0 unspecified atom stereocenters. The predicted molar refractivity (Wildman–Crippen MR) is 183 cm³/mol. The summed E-state index contributed by atoms with van der Waals surface area (Å²) in [7, 11) is 0. The van der Waals surface area contributed by atoms with Crippen LogP contribution in [0.25, 0.3) is 32.3 Å². The first-order chi connectivity index (χ1) is 20.4. The zero-order chi connectivity index (χ0) is 28.8. The number of nitrogens with one attached hydrogen (secondary N) is 1. The molecule has 7 rings (SSSR count). The second kappa shape index (κ2) is 10.2. The zero-order valence-corrected chi connectivity index (χ0v) is 24.8. The van der Waals surface area contributed by atoms with Crippen molar-refractivity contribution in [1.82, 2.24) is 0 Å². The Hall–Kier alpha value is -4.82. The molecule has 0 aliphatic heterocycles. The van der Waals surface area contributed by atoms with Gasteiger partial charge in [0, 0.05) is 33.8 Å². The minimum atomic E-state index is 0.101. The fourth-order valence-electron chi connectivity index (χ4n) is 6.30. The molecule has 2 heteroatoms. The van der Waals surface area contributed by atoms with Crippen LogP contribution in [0.1, 0.15) is 38.8 Å². The minimum absolute atomic E-state index is 0.101. The van der Waals surface area contributed by atoms with E-state index < -0.39 is 0 Å². The SMILES string of the molecule is CCc1cc(Nc2cccc(N(c3ccccc3)c3ccccc3)c2)c2ccc3cc(C(C)(C)C)cc4ccc1c2c43. The molecule has 1 N–H and O–H groups in total. The predicted octanol–water partition coefficient (Wildman–Crippen LogP) is 11.7. The maximum Gasteiger partial charge on any atom is 0.0482 e.